The van der Waals surface area contributed by atoms with Crippen molar-refractivity contribution in [1.82, 2.24) is 9.97 Å². The van der Waals surface area contributed by atoms with E-state index in [0.717, 1.165) is 17.5 Å². The molecular formula is C17H12F3N3O. The van der Waals surface area contributed by atoms with Gasteiger partial charge in [-0.1, -0.05) is 12.1 Å². The van der Waals surface area contributed by atoms with E-state index < -0.39 is 17.6 Å². The maximum atomic E-state index is 12.9. The molecule has 3 aromatic rings. The predicted octanol–water partition coefficient (Wildman–Crippen LogP) is 3.61. The molecule has 3 N–H and O–H groups in total. The second-order valence-corrected chi connectivity index (χ2v) is 5.14. The van der Waals surface area contributed by atoms with Gasteiger partial charge in [-0.25, -0.2) is 4.98 Å². The predicted molar refractivity (Wildman–Crippen MR) is 84.6 cm³/mol. The summed E-state index contributed by atoms with van der Waals surface area (Å²) in [5.41, 5.74) is 5.86. The number of aromatic amines is 1. The molecule has 1 amide bonds. The highest BCUT2D eigenvalue weighted by Crippen LogP contribution is 2.31. The van der Waals surface area contributed by atoms with Gasteiger partial charge in [0.15, 0.2) is 0 Å². The minimum absolute atomic E-state index is 0.00847. The summed E-state index contributed by atoms with van der Waals surface area (Å²) in [7, 11) is 0. The van der Waals surface area contributed by atoms with Crippen LogP contribution in [0.25, 0.3) is 22.7 Å². The fraction of sp³-hybridized carbons (Fsp3) is 0.0588. The van der Waals surface area contributed by atoms with Gasteiger partial charge in [-0.15, -0.1) is 0 Å². The molecule has 0 aliphatic carbocycles. The van der Waals surface area contributed by atoms with Crippen LogP contribution in [0, 0.1) is 0 Å². The molecule has 3 rings (SSSR count). The molecule has 2 aromatic heterocycles. The largest absolute Gasteiger partial charge is 0.416 e. The first-order chi connectivity index (χ1) is 11.4. The van der Waals surface area contributed by atoms with Crippen molar-refractivity contribution in [2.75, 3.05) is 0 Å². The lowest BCUT2D eigenvalue weighted by Crippen LogP contribution is -2.14. The quantitative estimate of drug-likeness (QED) is 0.720. The number of H-pyrrole nitrogens is 1. The first kappa shape index (κ1) is 15.8. The molecule has 0 saturated heterocycles. The molecule has 122 valence electrons. The fourth-order valence-electron chi connectivity index (χ4n) is 2.41. The van der Waals surface area contributed by atoms with Gasteiger partial charge in [0.05, 0.1) is 5.56 Å². The Labute approximate surface area is 134 Å². The lowest BCUT2D eigenvalue weighted by molar-refractivity contribution is -0.137. The van der Waals surface area contributed by atoms with Gasteiger partial charge in [-0.2, -0.15) is 13.2 Å². The van der Waals surface area contributed by atoms with Crippen molar-refractivity contribution in [3.8, 4) is 0 Å². The summed E-state index contributed by atoms with van der Waals surface area (Å²) < 4.78 is 38.6. The van der Waals surface area contributed by atoms with Crippen LogP contribution in [0.4, 0.5) is 13.2 Å². The number of primary amides is 1. The number of nitrogens with two attached hydrogens (primary N) is 1. The Morgan fingerprint density at radius 2 is 2.00 bits per heavy atom. The molecule has 0 unspecified atom stereocenters. The minimum Gasteiger partial charge on any atom is -0.366 e. The number of rotatable bonds is 3. The van der Waals surface area contributed by atoms with Crippen molar-refractivity contribution in [2.45, 2.75) is 6.18 Å². The average molecular weight is 331 g/mol. The lowest BCUT2D eigenvalue weighted by Gasteiger charge is -2.09. The van der Waals surface area contributed by atoms with Gasteiger partial charge < -0.3 is 10.7 Å². The van der Waals surface area contributed by atoms with Gasteiger partial charge in [-0.05, 0) is 35.9 Å². The van der Waals surface area contributed by atoms with E-state index in [0.29, 0.717) is 11.2 Å². The number of nitrogens with one attached hydrogen (secondary N) is 1. The third-order valence-electron chi connectivity index (χ3n) is 3.55. The molecule has 0 atom stereocenters. The number of nitrogens with zero attached hydrogens (tertiary/aromatic N) is 1. The van der Waals surface area contributed by atoms with Crippen LogP contribution >= 0.6 is 0 Å². The Morgan fingerprint density at radius 1 is 1.21 bits per heavy atom. The van der Waals surface area contributed by atoms with Crippen LogP contribution in [0.2, 0.25) is 0 Å². The van der Waals surface area contributed by atoms with E-state index in [4.69, 9.17) is 5.73 Å². The number of alkyl halides is 3. The molecule has 0 fully saturated rings. The SMILES string of the molecule is NC(=O)/C(=C/c1c[nH]c2ncccc12)c1cccc(C(F)(F)F)c1. The van der Waals surface area contributed by atoms with Crippen LogP contribution in [-0.2, 0) is 11.0 Å². The second kappa shape index (κ2) is 5.84. The molecule has 0 aliphatic rings. The summed E-state index contributed by atoms with van der Waals surface area (Å²) in [5.74, 6) is -0.812. The Morgan fingerprint density at radius 3 is 2.71 bits per heavy atom. The number of pyridine rings is 1. The van der Waals surface area contributed by atoms with Crippen LogP contribution < -0.4 is 5.73 Å². The zero-order valence-corrected chi connectivity index (χ0v) is 12.3. The van der Waals surface area contributed by atoms with Crippen molar-refractivity contribution in [3.05, 3.63) is 65.5 Å². The maximum absolute atomic E-state index is 12.9. The van der Waals surface area contributed by atoms with Gasteiger partial charge in [-0.3, -0.25) is 4.79 Å². The van der Waals surface area contributed by atoms with E-state index in [1.807, 2.05) is 0 Å². The number of carbonyl (C=O) groups excluding carboxylic acids is 1. The number of hydrogen-bond donors (Lipinski definition) is 2. The molecule has 1 aromatic carbocycles. The van der Waals surface area contributed by atoms with Gasteiger partial charge in [0, 0.05) is 28.9 Å². The number of amides is 1. The van der Waals surface area contributed by atoms with Crippen molar-refractivity contribution in [1.29, 1.82) is 0 Å². The van der Waals surface area contributed by atoms with Gasteiger partial charge in [0.1, 0.15) is 5.65 Å². The van der Waals surface area contributed by atoms with E-state index in [1.54, 1.807) is 24.5 Å². The molecule has 0 bridgehead atoms. The minimum atomic E-state index is -4.50. The van der Waals surface area contributed by atoms with E-state index >= 15 is 0 Å². The zero-order chi connectivity index (χ0) is 17.3. The first-order valence-electron chi connectivity index (χ1n) is 6.97. The van der Waals surface area contributed by atoms with Crippen LogP contribution in [0.1, 0.15) is 16.7 Å². The summed E-state index contributed by atoms with van der Waals surface area (Å²) in [6.45, 7) is 0. The van der Waals surface area contributed by atoms with Gasteiger partial charge in [0.25, 0.3) is 0 Å². The first-order valence-corrected chi connectivity index (χ1v) is 6.97. The van der Waals surface area contributed by atoms with Gasteiger partial charge in [0.2, 0.25) is 5.91 Å². The zero-order valence-electron chi connectivity index (χ0n) is 12.3. The highest BCUT2D eigenvalue weighted by atomic mass is 19.4. The molecule has 0 saturated carbocycles. The van der Waals surface area contributed by atoms with Crippen molar-refractivity contribution in [2.24, 2.45) is 5.73 Å². The number of fused-ring (bicyclic) bond motifs is 1. The van der Waals surface area contributed by atoms with E-state index in [9.17, 15) is 18.0 Å². The van der Waals surface area contributed by atoms with Crippen molar-refractivity contribution in [3.63, 3.8) is 0 Å². The highest BCUT2D eigenvalue weighted by molar-refractivity contribution is 6.24. The Balaban J connectivity index is 2.13. The lowest BCUT2D eigenvalue weighted by atomic mass is 10.00. The monoisotopic (exact) mass is 331 g/mol. The summed E-state index contributed by atoms with van der Waals surface area (Å²) >= 11 is 0. The topological polar surface area (TPSA) is 71.8 Å². The van der Waals surface area contributed by atoms with E-state index in [1.165, 1.54) is 18.2 Å². The summed E-state index contributed by atoms with van der Waals surface area (Å²) in [6.07, 6.45) is 0.185. The average Bonchev–Trinajstić information content (AvgIpc) is 2.95. The summed E-state index contributed by atoms with van der Waals surface area (Å²) in [5, 5.41) is 0.739. The van der Waals surface area contributed by atoms with Crippen LogP contribution in [0.5, 0.6) is 0 Å². The number of carbonyl (C=O) groups is 1. The molecule has 4 nitrogen and oxygen atoms in total. The van der Waals surface area contributed by atoms with Crippen molar-refractivity contribution < 1.29 is 18.0 Å². The molecule has 0 radical (unpaired) electrons. The van der Waals surface area contributed by atoms with Crippen LogP contribution in [-0.4, -0.2) is 15.9 Å². The second-order valence-electron chi connectivity index (χ2n) is 5.14. The number of benzene rings is 1. The molecule has 2 heterocycles. The normalized spacial score (nSPS) is 12.5. The molecule has 0 spiro atoms. The third-order valence-corrected chi connectivity index (χ3v) is 3.55. The Hall–Kier alpha value is -3.09. The smallest absolute Gasteiger partial charge is 0.366 e. The van der Waals surface area contributed by atoms with Crippen molar-refractivity contribution >= 4 is 28.6 Å². The molecule has 0 aliphatic heterocycles. The molecular weight excluding hydrogens is 319 g/mol. The number of hydrogen-bond acceptors (Lipinski definition) is 2. The van der Waals surface area contributed by atoms with Gasteiger partial charge >= 0.3 is 6.18 Å². The summed E-state index contributed by atoms with van der Waals surface area (Å²) in [4.78, 5) is 18.8. The van der Waals surface area contributed by atoms with Crippen LogP contribution in [0.15, 0.2) is 48.8 Å². The standard InChI is InChI=1S/C17H12F3N3O/c18-17(19,20)12-4-1-3-10(7-12)14(15(21)24)8-11-9-23-16-13(11)5-2-6-22-16/h1-9H,(H2,21,24)(H,22,23)/b14-8+. The molecule has 24 heavy (non-hydrogen) atoms. The fourth-order valence-corrected chi connectivity index (χ4v) is 2.41. The van der Waals surface area contributed by atoms with Crippen LogP contribution in [0.3, 0.4) is 0 Å². The Kier molecular flexibility index (Phi) is 3.84. The maximum Gasteiger partial charge on any atom is 0.416 e. The number of aromatic nitrogens is 2. The van der Waals surface area contributed by atoms with E-state index in [2.05, 4.69) is 9.97 Å². The molecule has 7 heteroatoms. The Bertz CT molecular complexity index is 941. The third kappa shape index (κ3) is 3.01. The van der Waals surface area contributed by atoms with E-state index in [-0.39, 0.29) is 11.1 Å². The summed E-state index contributed by atoms with van der Waals surface area (Å²) in [6, 6.07) is 8.02. The number of halogens is 3. The highest BCUT2D eigenvalue weighted by Gasteiger charge is 2.30.